The van der Waals surface area contributed by atoms with Gasteiger partial charge in [0.05, 0.1) is 11.8 Å². The van der Waals surface area contributed by atoms with Crippen molar-refractivity contribution in [2.24, 2.45) is 0 Å². The third-order valence-corrected chi connectivity index (χ3v) is 6.41. The number of fused-ring (bicyclic) bond motifs is 2. The first-order valence-electron chi connectivity index (χ1n) is 11.7. The Hall–Kier alpha value is -4.38. The van der Waals surface area contributed by atoms with Crippen LogP contribution in [0.4, 0.5) is 17.5 Å². The topological polar surface area (TPSA) is 126 Å². The Morgan fingerprint density at radius 3 is 2.72 bits per heavy atom. The van der Waals surface area contributed by atoms with Gasteiger partial charge in [-0.15, -0.1) is 0 Å². The highest BCUT2D eigenvalue weighted by Gasteiger charge is 2.28. The van der Waals surface area contributed by atoms with Gasteiger partial charge in [-0.05, 0) is 56.5 Å². The minimum Gasteiger partial charge on any atom is -0.457 e. The van der Waals surface area contributed by atoms with Gasteiger partial charge in [-0.25, -0.2) is 29.4 Å². The average Bonchev–Trinajstić information content (AvgIpc) is 3.34. The molecule has 2 N–H and O–H groups in total. The zero-order valence-corrected chi connectivity index (χ0v) is 20.0. The molecule has 0 amide bonds. The Bertz CT molecular complexity index is 1560. The van der Waals surface area contributed by atoms with E-state index in [-0.39, 0.29) is 0 Å². The first kappa shape index (κ1) is 22.1. The Kier molecular flexibility index (Phi) is 5.33. The largest absolute Gasteiger partial charge is 0.457 e. The number of rotatable bonds is 5. The molecule has 1 aliphatic heterocycles. The number of nitrogens with zero attached hydrogens (tertiary/aromatic N) is 8. The molecular formula is C25H25N9O2. The van der Waals surface area contributed by atoms with Crippen molar-refractivity contribution in [3.8, 4) is 11.5 Å². The molecule has 182 valence electrons. The number of aryl methyl sites for hydroxylation is 1. The number of pyridine rings is 1. The number of anilines is 3. The lowest BCUT2D eigenvalue weighted by molar-refractivity contribution is 0.0349. The van der Waals surface area contributed by atoms with Gasteiger partial charge in [0.25, 0.3) is 0 Å². The lowest BCUT2D eigenvalue weighted by Crippen LogP contribution is -2.43. The van der Waals surface area contributed by atoms with Gasteiger partial charge in [-0.3, -0.25) is 0 Å². The van der Waals surface area contributed by atoms with Crippen molar-refractivity contribution in [3.05, 3.63) is 60.9 Å². The summed E-state index contributed by atoms with van der Waals surface area (Å²) in [5.74, 6) is 2.63. The van der Waals surface area contributed by atoms with Gasteiger partial charge in [0, 0.05) is 31.0 Å². The second-order valence-electron chi connectivity index (χ2n) is 9.24. The molecule has 5 aromatic rings. The Morgan fingerprint density at radius 1 is 1.03 bits per heavy atom. The van der Waals surface area contributed by atoms with Crippen molar-refractivity contribution in [2.75, 3.05) is 23.3 Å². The molecule has 1 aliphatic rings. The normalized spacial score (nSPS) is 15.4. The van der Waals surface area contributed by atoms with Gasteiger partial charge in [0.2, 0.25) is 5.95 Å². The maximum atomic E-state index is 10.3. The van der Waals surface area contributed by atoms with Gasteiger partial charge < -0.3 is 20.1 Å². The zero-order valence-electron chi connectivity index (χ0n) is 20.0. The SMILES string of the molecule is Cc1cc(Nc2ncnc3cnc(N4CCC(C)(O)CC4)nc23)ccc1Oc1ccn2ncnc2c1. The number of nitrogens with one attached hydrogen (secondary N) is 1. The van der Waals surface area contributed by atoms with E-state index >= 15 is 0 Å². The molecule has 0 atom stereocenters. The fraction of sp³-hybridized carbons (Fsp3) is 0.280. The Morgan fingerprint density at radius 2 is 1.89 bits per heavy atom. The van der Waals surface area contributed by atoms with E-state index in [1.54, 1.807) is 10.7 Å². The van der Waals surface area contributed by atoms with E-state index in [0.717, 1.165) is 22.6 Å². The minimum atomic E-state index is -0.639. The maximum Gasteiger partial charge on any atom is 0.226 e. The van der Waals surface area contributed by atoms with Crippen LogP contribution in [0.1, 0.15) is 25.3 Å². The Balaban J connectivity index is 1.23. The van der Waals surface area contributed by atoms with Crippen LogP contribution in [0.15, 0.2) is 55.4 Å². The highest BCUT2D eigenvalue weighted by Crippen LogP contribution is 2.30. The van der Waals surface area contributed by atoms with Gasteiger partial charge in [0.15, 0.2) is 11.5 Å². The third-order valence-electron chi connectivity index (χ3n) is 6.41. The van der Waals surface area contributed by atoms with Crippen LogP contribution in [0.25, 0.3) is 16.7 Å². The summed E-state index contributed by atoms with van der Waals surface area (Å²) in [6, 6.07) is 9.52. The predicted octanol–water partition coefficient (Wildman–Crippen LogP) is 3.66. The first-order valence-corrected chi connectivity index (χ1v) is 11.7. The van der Waals surface area contributed by atoms with E-state index in [1.165, 1.54) is 12.7 Å². The molecule has 0 saturated carbocycles. The Labute approximate surface area is 206 Å². The quantitative estimate of drug-likeness (QED) is 0.382. The molecular weight excluding hydrogens is 458 g/mol. The summed E-state index contributed by atoms with van der Waals surface area (Å²) in [4.78, 5) is 24.3. The van der Waals surface area contributed by atoms with Gasteiger partial charge >= 0.3 is 0 Å². The number of ether oxygens (including phenoxy) is 1. The summed E-state index contributed by atoms with van der Waals surface area (Å²) in [7, 11) is 0. The van der Waals surface area contributed by atoms with Gasteiger partial charge in [-0.2, -0.15) is 5.10 Å². The zero-order chi connectivity index (χ0) is 24.7. The lowest BCUT2D eigenvalue weighted by atomic mass is 9.94. The van der Waals surface area contributed by atoms with E-state index < -0.39 is 5.60 Å². The molecule has 1 saturated heterocycles. The fourth-order valence-corrected chi connectivity index (χ4v) is 4.24. The van der Waals surface area contributed by atoms with Crippen LogP contribution in [-0.4, -0.2) is 58.3 Å². The van der Waals surface area contributed by atoms with Gasteiger partial charge in [-0.1, -0.05) is 0 Å². The van der Waals surface area contributed by atoms with Gasteiger partial charge in [0.1, 0.15) is 35.2 Å². The molecule has 0 spiro atoms. The molecule has 0 unspecified atom stereocenters. The monoisotopic (exact) mass is 483 g/mol. The molecule has 1 aromatic carbocycles. The van der Waals surface area contributed by atoms with Crippen molar-refractivity contribution >= 4 is 34.1 Å². The van der Waals surface area contributed by atoms with Crippen molar-refractivity contribution in [2.45, 2.75) is 32.3 Å². The second kappa shape index (κ2) is 8.68. The first-order chi connectivity index (χ1) is 17.4. The smallest absolute Gasteiger partial charge is 0.226 e. The number of aliphatic hydroxyl groups is 1. The lowest BCUT2D eigenvalue weighted by Gasteiger charge is -2.35. The van der Waals surface area contributed by atoms with E-state index in [9.17, 15) is 5.11 Å². The van der Waals surface area contributed by atoms with Crippen molar-refractivity contribution < 1.29 is 9.84 Å². The number of aromatic nitrogens is 7. The standard InChI is InChI=1S/C25H25N9O2/c1-16-11-17(3-4-20(16)36-18-5-8-34-21(12-18)28-15-30-34)31-23-22-19(27-14-29-23)13-26-24(32-22)33-9-6-25(2,35)7-10-33/h3-5,8,11-15,35H,6-7,9-10H2,1-2H3,(H,27,29,31). The van der Waals surface area contributed by atoms with Crippen LogP contribution >= 0.6 is 0 Å². The molecule has 11 heteroatoms. The van der Waals surface area contributed by atoms with Crippen LogP contribution in [0.5, 0.6) is 11.5 Å². The average molecular weight is 484 g/mol. The van der Waals surface area contributed by atoms with Crippen LogP contribution in [0, 0.1) is 6.92 Å². The summed E-state index contributed by atoms with van der Waals surface area (Å²) in [5, 5.41) is 17.7. The van der Waals surface area contributed by atoms with Crippen molar-refractivity contribution in [1.29, 1.82) is 0 Å². The van der Waals surface area contributed by atoms with Crippen LogP contribution in [-0.2, 0) is 0 Å². The van der Waals surface area contributed by atoms with E-state index in [4.69, 9.17) is 9.72 Å². The summed E-state index contributed by atoms with van der Waals surface area (Å²) in [5.41, 5.74) is 3.17. The minimum absolute atomic E-state index is 0.595. The third kappa shape index (κ3) is 4.36. The molecule has 0 bridgehead atoms. The highest BCUT2D eigenvalue weighted by molar-refractivity contribution is 5.87. The van der Waals surface area contributed by atoms with Crippen molar-refractivity contribution in [3.63, 3.8) is 0 Å². The number of piperidine rings is 1. The molecule has 11 nitrogen and oxygen atoms in total. The predicted molar refractivity (Wildman–Crippen MR) is 135 cm³/mol. The van der Waals surface area contributed by atoms with Crippen LogP contribution in [0.2, 0.25) is 0 Å². The molecule has 0 radical (unpaired) electrons. The summed E-state index contributed by atoms with van der Waals surface area (Å²) in [6.45, 7) is 5.24. The van der Waals surface area contributed by atoms with Crippen LogP contribution < -0.4 is 15.0 Å². The molecule has 1 fully saturated rings. The van der Waals surface area contributed by atoms with Crippen molar-refractivity contribution in [1.82, 2.24) is 34.5 Å². The summed E-state index contributed by atoms with van der Waals surface area (Å²) >= 11 is 0. The maximum absolute atomic E-state index is 10.3. The fourth-order valence-electron chi connectivity index (χ4n) is 4.24. The van der Waals surface area contributed by atoms with Crippen LogP contribution in [0.3, 0.4) is 0 Å². The second-order valence-corrected chi connectivity index (χ2v) is 9.24. The molecule has 4 aromatic heterocycles. The highest BCUT2D eigenvalue weighted by atomic mass is 16.5. The molecule has 36 heavy (non-hydrogen) atoms. The van der Waals surface area contributed by atoms with E-state index in [2.05, 4.69) is 35.3 Å². The summed E-state index contributed by atoms with van der Waals surface area (Å²) < 4.78 is 7.76. The number of hydrogen-bond donors (Lipinski definition) is 2. The summed E-state index contributed by atoms with van der Waals surface area (Å²) in [6.07, 6.45) is 7.87. The van der Waals surface area contributed by atoms with E-state index in [0.29, 0.717) is 54.5 Å². The van der Waals surface area contributed by atoms with E-state index in [1.807, 2.05) is 50.4 Å². The number of benzene rings is 1. The molecule has 0 aliphatic carbocycles. The molecule has 5 heterocycles. The number of hydrogen-bond acceptors (Lipinski definition) is 10. The molecule has 6 rings (SSSR count).